The predicted octanol–water partition coefficient (Wildman–Crippen LogP) is 10.4. The van der Waals surface area contributed by atoms with Gasteiger partial charge >= 0.3 is 0 Å². The lowest BCUT2D eigenvalue weighted by molar-refractivity contribution is 0.111. The van der Waals surface area contributed by atoms with E-state index in [9.17, 15) is 9.59 Å². The predicted molar refractivity (Wildman–Crippen MR) is 203 cm³/mol. The molecule has 4 heterocycles. The summed E-state index contributed by atoms with van der Waals surface area (Å²) in [5.41, 5.74) is 9.67. The van der Waals surface area contributed by atoms with E-state index in [1.807, 2.05) is 117 Å². The second kappa shape index (κ2) is 17.1. The van der Waals surface area contributed by atoms with Gasteiger partial charge in [0.2, 0.25) is 0 Å². The van der Waals surface area contributed by atoms with Gasteiger partial charge in [0.05, 0.1) is 22.1 Å². The molecule has 0 saturated carbocycles. The molecule has 0 radical (unpaired) electrons. The van der Waals surface area contributed by atoms with Crippen molar-refractivity contribution in [3.8, 4) is 0 Å². The average Bonchev–Trinajstić information content (AvgIpc) is 3.12. The number of aromatic nitrogens is 4. The van der Waals surface area contributed by atoms with Gasteiger partial charge in [0, 0.05) is 56.5 Å². The molecule has 0 aliphatic heterocycles. The molecule has 4 aromatic carbocycles. The molecule has 0 N–H and O–H groups in total. The van der Waals surface area contributed by atoms with Crippen molar-refractivity contribution in [3.05, 3.63) is 167 Å². The van der Waals surface area contributed by atoms with Gasteiger partial charge in [0.15, 0.2) is 12.6 Å². The van der Waals surface area contributed by atoms with Crippen LogP contribution in [0.4, 0.5) is 0 Å². The van der Waals surface area contributed by atoms with Gasteiger partial charge in [0.1, 0.15) is 0 Å². The minimum Gasteiger partial charge on any atom is -0.298 e. The molecule has 0 fully saturated rings. The van der Waals surface area contributed by atoms with Crippen LogP contribution in [0.5, 0.6) is 0 Å². The first-order chi connectivity index (χ1) is 23.3. The van der Waals surface area contributed by atoms with Crippen LogP contribution >= 0.6 is 0 Å². The third-order valence-electron chi connectivity index (χ3n) is 7.72. The molecule has 0 aliphatic rings. The average molecular weight is 645 g/mol. The van der Waals surface area contributed by atoms with Crippen molar-refractivity contribution in [1.82, 2.24) is 19.9 Å². The minimum atomic E-state index is 0. The van der Waals surface area contributed by atoms with E-state index in [4.69, 9.17) is 0 Å². The van der Waals surface area contributed by atoms with Crippen LogP contribution < -0.4 is 0 Å². The van der Waals surface area contributed by atoms with Crippen LogP contribution in [-0.2, 0) is 0 Å². The monoisotopic (exact) mass is 644 g/mol. The lowest BCUT2D eigenvalue weighted by Gasteiger charge is -2.01. The van der Waals surface area contributed by atoms with E-state index in [-0.39, 0.29) is 7.43 Å². The third kappa shape index (κ3) is 9.46. The summed E-state index contributed by atoms with van der Waals surface area (Å²) in [5, 5.41) is 4.45. The van der Waals surface area contributed by atoms with E-state index in [0.29, 0.717) is 11.1 Å². The van der Waals surface area contributed by atoms with Crippen LogP contribution in [-0.4, -0.2) is 32.5 Å². The number of pyridine rings is 4. The number of hydrogen-bond donors (Lipinski definition) is 0. The van der Waals surface area contributed by atoms with Gasteiger partial charge in [0.25, 0.3) is 0 Å². The van der Waals surface area contributed by atoms with E-state index < -0.39 is 0 Å². The van der Waals surface area contributed by atoms with Gasteiger partial charge in [-0.15, -0.1) is 0 Å². The van der Waals surface area contributed by atoms with Gasteiger partial charge < -0.3 is 0 Å². The summed E-state index contributed by atoms with van der Waals surface area (Å²) in [7, 11) is 0. The Morgan fingerprint density at radius 2 is 0.918 bits per heavy atom. The van der Waals surface area contributed by atoms with E-state index in [2.05, 4.69) is 58.0 Å². The first kappa shape index (κ1) is 35.7. The van der Waals surface area contributed by atoms with Crippen LogP contribution in [0, 0.1) is 27.7 Å². The quantitative estimate of drug-likeness (QED) is 0.174. The zero-order chi connectivity index (χ0) is 33.9. The highest BCUT2D eigenvalue weighted by atomic mass is 16.1. The molecule has 0 saturated heterocycles. The number of benzene rings is 4. The molecular weight excluding hydrogens is 604 g/mol. The number of aryl methyl sites for hydroxylation is 4. The number of carbonyl (C=O) groups excluding carboxylic acids is 2. The first-order valence-corrected chi connectivity index (χ1v) is 15.6. The molecule has 0 aliphatic carbocycles. The first-order valence-electron chi connectivity index (χ1n) is 15.6. The number of para-hydroxylation sites is 4. The Labute approximate surface area is 287 Å². The molecule has 0 unspecified atom stereocenters. The second-order valence-electron chi connectivity index (χ2n) is 11.3. The fraction of sp³-hybridized carbons (Fsp3) is 0.116. The van der Waals surface area contributed by atoms with E-state index in [1.54, 1.807) is 6.20 Å². The Balaban J connectivity index is 0.000000146. The minimum absolute atomic E-state index is 0. The molecule has 0 amide bonds. The number of fused-ring (bicyclic) bond motifs is 4. The Hall–Kier alpha value is -6.14. The zero-order valence-corrected chi connectivity index (χ0v) is 27.5. The van der Waals surface area contributed by atoms with Crippen LogP contribution in [0.2, 0.25) is 0 Å². The molecule has 49 heavy (non-hydrogen) atoms. The Bertz CT molecular complexity index is 2310. The zero-order valence-electron chi connectivity index (χ0n) is 27.5. The van der Waals surface area contributed by atoms with Gasteiger partial charge in [-0.1, -0.05) is 80.2 Å². The summed E-state index contributed by atoms with van der Waals surface area (Å²) in [5.74, 6) is 0. The van der Waals surface area contributed by atoms with E-state index in [0.717, 1.165) is 56.8 Å². The third-order valence-corrected chi connectivity index (χ3v) is 7.72. The molecule has 4 aromatic heterocycles. The summed E-state index contributed by atoms with van der Waals surface area (Å²) in [6.07, 6.45) is 5.12. The second-order valence-corrected chi connectivity index (χ2v) is 11.3. The van der Waals surface area contributed by atoms with E-state index >= 15 is 0 Å². The maximum Gasteiger partial charge on any atom is 0.151 e. The highest BCUT2D eigenvalue weighted by Gasteiger charge is 2.01. The summed E-state index contributed by atoms with van der Waals surface area (Å²) in [6.45, 7) is 8.03. The summed E-state index contributed by atoms with van der Waals surface area (Å²) < 4.78 is 0. The van der Waals surface area contributed by atoms with E-state index in [1.165, 1.54) is 21.9 Å². The summed E-state index contributed by atoms with van der Waals surface area (Å²) in [6, 6.07) is 39.8. The van der Waals surface area contributed by atoms with Crippen molar-refractivity contribution in [3.63, 3.8) is 0 Å². The number of hydrogen-bond acceptors (Lipinski definition) is 6. The Kier molecular flexibility index (Phi) is 12.5. The van der Waals surface area contributed by atoms with Crippen LogP contribution in [0.1, 0.15) is 50.7 Å². The molecule has 8 rings (SSSR count). The van der Waals surface area contributed by atoms with Crippen molar-refractivity contribution in [2.75, 3.05) is 0 Å². The fourth-order valence-electron chi connectivity index (χ4n) is 5.00. The van der Waals surface area contributed by atoms with Crippen LogP contribution in [0.15, 0.2) is 134 Å². The lowest BCUT2D eigenvalue weighted by atomic mass is 10.1. The normalized spacial score (nSPS) is 10.0. The van der Waals surface area contributed by atoms with Crippen LogP contribution in [0.3, 0.4) is 0 Å². The van der Waals surface area contributed by atoms with Crippen molar-refractivity contribution < 1.29 is 9.59 Å². The molecule has 8 aromatic rings. The highest BCUT2D eigenvalue weighted by molar-refractivity contribution is 5.87. The molecule has 6 nitrogen and oxygen atoms in total. The molecule has 0 atom stereocenters. The van der Waals surface area contributed by atoms with Crippen molar-refractivity contribution >= 4 is 56.2 Å². The molecule has 0 bridgehead atoms. The van der Waals surface area contributed by atoms with Crippen molar-refractivity contribution in [2.24, 2.45) is 0 Å². The fourth-order valence-corrected chi connectivity index (χ4v) is 5.00. The number of aldehydes is 2. The van der Waals surface area contributed by atoms with Crippen LogP contribution in [0.25, 0.3) is 43.6 Å². The largest absolute Gasteiger partial charge is 0.298 e. The van der Waals surface area contributed by atoms with Gasteiger partial charge in [-0.25, -0.2) is 0 Å². The smallest absolute Gasteiger partial charge is 0.151 e. The SMILES string of the molecule is C.Cc1cc2ccccc2nc1C.Cc1cnc2ccccc2c1.Cc1nc2ccccc2cc1C=O.O=Cc1cnc2ccccc2c1. The van der Waals surface area contributed by atoms with Crippen molar-refractivity contribution in [1.29, 1.82) is 0 Å². The standard InChI is InChI=1S/C11H9NO.C11H11N.C10H7NO.C10H9N.CH4/c1-8-10(7-13)6-9-4-2-3-5-11(9)12-8;1-8-7-10-5-3-4-6-11(10)12-9(8)2;12-7-8-5-9-3-1-2-4-10(9)11-6-8;1-8-6-9-4-2-3-5-10(9)11-7-8;/h2-7H,1H3;3-7H,1-2H3;1-7H;2-7H,1H3;1H4. The number of rotatable bonds is 2. The summed E-state index contributed by atoms with van der Waals surface area (Å²) >= 11 is 0. The van der Waals surface area contributed by atoms with Gasteiger partial charge in [-0.05, 0) is 87.4 Å². The highest BCUT2D eigenvalue weighted by Crippen LogP contribution is 2.16. The van der Waals surface area contributed by atoms with Gasteiger partial charge in [-0.2, -0.15) is 0 Å². The maximum atomic E-state index is 10.6. The maximum absolute atomic E-state index is 10.6. The van der Waals surface area contributed by atoms with Gasteiger partial charge in [-0.3, -0.25) is 29.5 Å². The Morgan fingerprint density at radius 1 is 0.469 bits per heavy atom. The molecule has 0 spiro atoms. The summed E-state index contributed by atoms with van der Waals surface area (Å²) in [4.78, 5) is 38.2. The number of carbonyl (C=O) groups is 2. The lowest BCUT2D eigenvalue weighted by Crippen LogP contribution is -1.91. The molecule has 6 heteroatoms. The molecular formula is C43H40N4O2. The molecule has 244 valence electrons. The van der Waals surface area contributed by atoms with Crippen molar-refractivity contribution in [2.45, 2.75) is 35.1 Å². The number of nitrogens with zero attached hydrogens (tertiary/aromatic N) is 4. The topological polar surface area (TPSA) is 85.7 Å². The Morgan fingerprint density at radius 3 is 1.47 bits per heavy atom.